The standard InChI is InChI=1S/C22H22FN3O3/c1-3-25(4-2)20(27)14-26-13-16(15-9-5-8-12-19(15)26)21(28)22(29)24-18-11-7-6-10-17(18)23/h5-13H,3-4,14H2,1-2H3,(H,24,29). The molecule has 0 bridgehead atoms. The topological polar surface area (TPSA) is 71.4 Å². The molecule has 0 saturated carbocycles. The van der Waals surface area contributed by atoms with Crippen molar-refractivity contribution in [3.05, 3.63) is 66.1 Å². The SMILES string of the molecule is CCN(CC)C(=O)Cn1cc(C(=O)C(=O)Nc2ccccc2F)c2ccccc21. The van der Waals surface area contributed by atoms with Crippen molar-refractivity contribution in [3.8, 4) is 0 Å². The van der Waals surface area contributed by atoms with Crippen LogP contribution < -0.4 is 5.32 Å². The van der Waals surface area contributed by atoms with E-state index in [1.165, 1.54) is 24.4 Å². The van der Waals surface area contributed by atoms with Gasteiger partial charge in [-0.3, -0.25) is 14.4 Å². The molecule has 0 saturated heterocycles. The first-order chi connectivity index (χ1) is 14.0. The van der Waals surface area contributed by atoms with E-state index >= 15 is 0 Å². The van der Waals surface area contributed by atoms with Crippen molar-refractivity contribution in [1.29, 1.82) is 0 Å². The first-order valence-corrected chi connectivity index (χ1v) is 9.42. The van der Waals surface area contributed by atoms with Gasteiger partial charge in [-0.1, -0.05) is 30.3 Å². The molecule has 2 amide bonds. The second-order valence-corrected chi connectivity index (χ2v) is 6.52. The van der Waals surface area contributed by atoms with Crippen molar-refractivity contribution in [2.75, 3.05) is 18.4 Å². The molecule has 0 unspecified atom stereocenters. The number of para-hydroxylation sites is 2. The van der Waals surface area contributed by atoms with Gasteiger partial charge >= 0.3 is 0 Å². The molecule has 1 aromatic heterocycles. The van der Waals surface area contributed by atoms with Crippen molar-refractivity contribution < 1.29 is 18.8 Å². The molecule has 0 spiro atoms. The van der Waals surface area contributed by atoms with Crippen LogP contribution in [0.4, 0.5) is 10.1 Å². The lowest BCUT2D eigenvalue weighted by Crippen LogP contribution is -2.33. The number of halogens is 1. The molecule has 0 radical (unpaired) electrons. The number of benzene rings is 2. The molecule has 3 rings (SSSR count). The minimum atomic E-state index is -0.937. The summed E-state index contributed by atoms with van der Waals surface area (Å²) in [5.74, 6) is -2.43. The van der Waals surface area contributed by atoms with E-state index < -0.39 is 17.5 Å². The number of carbonyl (C=O) groups is 3. The highest BCUT2D eigenvalue weighted by Crippen LogP contribution is 2.23. The Morgan fingerprint density at radius 3 is 2.34 bits per heavy atom. The van der Waals surface area contributed by atoms with Gasteiger partial charge in [-0.25, -0.2) is 4.39 Å². The van der Waals surface area contributed by atoms with Gasteiger partial charge in [0.05, 0.1) is 11.3 Å². The Morgan fingerprint density at radius 2 is 1.66 bits per heavy atom. The fourth-order valence-corrected chi connectivity index (χ4v) is 3.24. The van der Waals surface area contributed by atoms with Gasteiger partial charge in [0.1, 0.15) is 12.4 Å². The summed E-state index contributed by atoms with van der Waals surface area (Å²) in [5.41, 5.74) is 0.781. The Morgan fingerprint density at radius 1 is 1.00 bits per heavy atom. The summed E-state index contributed by atoms with van der Waals surface area (Å²) in [5, 5.41) is 2.88. The molecule has 29 heavy (non-hydrogen) atoms. The minimum Gasteiger partial charge on any atom is -0.342 e. The third kappa shape index (κ3) is 4.18. The van der Waals surface area contributed by atoms with Gasteiger partial charge in [0.2, 0.25) is 5.91 Å². The Balaban J connectivity index is 1.91. The molecule has 3 aromatic rings. The van der Waals surface area contributed by atoms with Crippen LogP contribution in [0.1, 0.15) is 24.2 Å². The van der Waals surface area contributed by atoms with Crippen molar-refractivity contribution in [3.63, 3.8) is 0 Å². The minimum absolute atomic E-state index is 0.0599. The molecule has 0 fully saturated rings. The molecule has 0 aliphatic heterocycles. The van der Waals surface area contributed by atoms with Gasteiger partial charge in [-0.05, 0) is 32.0 Å². The summed E-state index contributed by atoms with van der Waals surface area (Å²) in [6.07, 6.45) is 1.51. The molecule has 1 heterocycles. The second-order valence-electron chi connectivity index (χ2n) is 6.52. The van der Waals surface area contributed by atoms with Gasteiger partial charge in [-0.2, -0.15) is 0 Å². The normalized spacial score (nSPS) is 10.7. The molecule has 2 aromatic carbocycles. The van der Waals surface area contributed by atoms with Crippen LogP contribution in [-0.2, 0) is 16.1 Å². The number of Topliss-reactive ketones (excluding diaryl/α,β-unsaturated/α-hetero) is 1. The van der Waals surface area contributed by atoms with E-state index in [4.69, 9.17) is 0 Å². The first kappa shape index (κ1) is 20.3. The number of likely N-dealkylation sites (N-methyl/N-ethyl adjacent to an activating group) is 1. The van der Waals surface area contributed by atoms with E-state index in [0.29, 0.717) is 24.0 Å². The Kier molecular flexibility index (Phi) is 6.07. The number of hydrogen-bond acceptors (Lipinski definition) is 3. The molecule has 6 nitrogen and oxygen atoms in total. The zero-order chi connectivity index (χ0) is 21.0. The summed E-state index contributed by atoms with van der Waals surface area (Å²) in [4.78, 5) is 39.4. The van der Waals surface area contributed by atoms with Crippen molar-refractivity contribution in [2.45, 2.75) is 20.4 Å². The smallest absolute Gasteiger partial charge is 0.296 e. The fraction of sp³-hybridized carbons (Fsp3) is 0.227. The second kappa shape index (κ2) is 8.68. The summed E-state index contributed by atoms with van der Waals surface area (Å²) in [6.45, 7) is 5.04. The summed E-state index contributed by atoms with van der Waals surface area (Å²) < 4.78 is 15.5. The van der Waals surface area contributed by atoms with Gasteiger partial charge < -0.3 is 14.8 Å². The average molecular weight is 395 g/mol. The van der Waals surface area contributed by atoms with Crippen molar-refractivity contribution >= 4 is 34.2 Å². The van der Waals surface area contributed by atoms with E-state index in [1.54, 1.807) is 39.8 Å². The molecule has 7 heteroatoms. The number of fused-ring (bicyclic) bond motifs is 1. The summed E-state index contributed by atoms with van der Waals surface area (Å²) >= 11 is 0. The number of ketones is 1. The summed E-state index contributed by atoms with van der Waals surface area (Å²) in [6, 6.07) is 12.7. The van der Waals surface area contributed by atoms with E-state index in [1.807, 2.05) is 13.8 Å². The number of nitrogens with one attached hydrogen (secondary N) is 1. The third-order valence-corrected chi connectivity index (χ3v) is 4.78. The van der Waals surface area contributed by atoms with Crippen LogP contribution in [0, 0.1) is 5.82 Å². The Bertz CT molecular complexity index is 1070. The lowest BCUT2D eigenvalue weighted by molar-refractivity contribution is -0.131. The molecular formula is C22H22FN3O3. The highest BCUT2D eigenvalue weighted by Gasteiger charge is 2.23. The Labute approximate surface area is 167 Å². The lowest BCUT2D eigenvalue weighted by Gasteiger charge is -2.19. The monoisotopic (exact) mass is 395 g/mol. The van der Waals surface area contributed by atoms with Crippen LogP contribution in [0.3, 0.4) is 0 Å². The molecular weight excluding hydrogens is 373 g/mol. The van der Waals surface area contributed by atoms with Crippen molar-refractivity contribution in [1.82, 2.24) is 9.47 Å². The first-order valence-electron chi connectivity index (χ1n) is 9.42. The highest BCUT2D eigenvalue weighted by atomic mass is 19.1. The van der Waals surface area contributed by atoms with E-state index in [0.717, 1.165) is 0 Å². The number of anilines is 1. The van der Waals surface area contributed by atoms with Gasteiger partial charge in [0.15, 0.2) is 0 Å². The maximum Gasteiger partial charge on any atom is 0.296 e. The van der Waals surface area contributed by atoms with Crippen LogP contribution >= 0.6 is 0 Å². The third-order valence-electron chi connectivity index (χ3n) is 4.78. The van der Waals surface area contributed by atoms with Crippen molar-refractivity contribution in [2.24, 2.45) is 0 Å². The molecule has 150 valence electrons. The van der Waals surface area contributed by atoms with Crippen LogP contribution in [0.2, 0.25) is 0 Å². The van der Waals surface area contributed by atoms with E-state index in [2.05, 4.69) is 5.32 Å². The zero-order valence-electron chi connectivity index (χ0n) is 16.3. The quantitative estimate of drug-likeness (QED) is 0.492. The molecule has 0 aliphatic carbocycles. The van der Waals surface area contributed by atoms with Crippen LogP contribution in [-0.4, -0.2) is 40.2 Å². The maximum atomic E-state index is 13.8. The average Bonchev–Trinajstić information content (AvgIpc) is 3.08. The van der Waals surface area contributed by atoms with E-state index in [9.17, 15) is 18.8 Å². The fourth-order valence-electron chi connectivity index (χ4n) is 3.24. The van der Waals surface area contributed by atoms with Gasteiger partial charge in [0.25, 0.3) is 11.7 Å². The predicted octanol–water partition coefficient (Wildman–Crippen LogP) is 3.47. The zero-order valence-corrected chi connectivity index (χ0v) is 16.3. The highest BCUT2D eigenvalue weighted by molar-refractivity contribution is 6.48. The number of aromatic nitrogens is 1. The Hall–Kier alpha value is -3.48. The van der Waals surface area contributed by atoms with E-state index in [-0.39, 0.29) is 23.7 Å². The molecule has 0 aliphatic rings. The molecule has 0 atom stereocenters. The largest absolute Gasteiger partial charge is 0.342 e. The van der Waals surface area contributed by atoms with Gasteiger partial charge in [0, 0.05) is 30.2 Å². The number of amides is 2. The number of rotatable bonds is 7. The van der Waals surface area contributed by atoms with Gasteiger partial charge in [-0.15, -0.1) is 0 Å². The summed E-state index contributed by atoms with van der Waals surface area (Å²) in [7, 11) is 0. The number of hydrogen-bond donors (Lipinski definition) is 1. The maximum absolute atomic E-state index is 13.8. The predicted molar refractivity (Wildman–Crippen MR) is 109 cm³/mol. The number of carbonyl (C=O) groups excluding carboxylic acids is 3. The van der Waals surface area contributed by atoms with Crippen LogP contribution in [0.25, 0.3) is 10.9 Å². The molecule has 1 N–H and O–H groups in total. The lowest BCUT2D eigenvalue weighted by atomic mass is 10.1. The van der Waals surface area contributed by atoms with Crippen LogP contribution in [0.5, 0.6) is 0 Å². The number of nitrogens with zero attached hydrogens (tertiary/aromatic N) is 2. The van der Waals surface area contributed by atoms with Crippen LogP contribution in [0.15, 0.2) is 54.7 Å².